The maximum Gasteiger partial charge on any atom is 0.331 e. The quantitative estimate of drug-likeness (QED) is 0.155. The van der Waals surface area contributed by atoms with Crippen LogP contribution in [0.3, 0.4) is 0 Å². The van der Waals surface area contributed by atoms with E-state index in [-0.39, 0.29) is 36.0 Å². The van der Waals surface area contributed by atoms with E-state index in [4.69, 9.17) is 5.73 Å². The number of nitrogen functional groups attached to an aromatic ring is 1. The van der Waals surface area contributed by atoms with Crippen LogP contribution in [0.5, 0.6) is 0 Å². The number of piperazine rings is 1. The molecule has 8 N–H and O–H groups in total. The summed E-state index contributed by atoms with van der Waals surface area (Å²) >= 11 is 0. The molecule has 2 aromatic rings. The summed E-state index contributed by atoms with van der Waals surface area (Å²) in [6, 6.07) is 5.18. The fourth-order valence-electron chi connectivity index (χ4n) is 5.36. The van der Waals surface area contributed by atoms with Gasteiger partial charge in [0.15, 0.2) is 17.0 Å². The Labute approximate surface area is 240 Å². The van der Waals surface area contributed by atoms with Crippen LogP contribution >= 0.6 is 0 Å². The van der Waals surface area contributed by atoms with E-state index >= 15 is 0 Å². The minimum Gasteiger partial charge on any atom is -0.481 e. The van der Waals surface area contributed by atoms with Gasteiger partial charge in [0.05, 0.1) is 12.1 Å². The van der Waals surface area contributed by atoms with Crippen LogP contribution < -0.4 is 32.1 Å². The van der Waals surface area contributed by atoms with Crippen molar-refractivity contribution in [3.05, 3.63) is 40.2 Å². The zero-order chi connectivity index (χ0) is 30.6. The SMILES string of the molecule is CN1CCN(C)C(C(CCC(=O)O)(NC(=O)c2ccc(NCC3CNc4nc(N)[nH]c(=O)c4N3C=O)cc2)C(=O)O)C1. The largest absolute Gasteiger partial charge is 0.481 e. The number of hydrogen-bond donors (Lipinski definition) is 7. The predicted octanol–water partition coefficient (Wildman–Crippen LogP) is -1.12. The molecular formula is C26H35N9O7. The van der Waals surface area contributed by atoms with E-state index in [2.05, 4.69) is 25.9 Å². The summed E-state index contributed by atoms with van der Waals surface area (Å²) in [5, 5.41) is 28.5. The number of nitrogens with two attached hydrogens (primary N) is 1. The lowest BCUT2D eigenvalue weighted by molar-refractivity contribution is -0.150. The average molecular weight is 586 g/mol. The number of aromatic nitrogens is 2. The van der Waals surface area contributed by atoms with E-state index in [9.17, 15) is 34.2 Å². The first-order valence-electron chi connectivity index (χ1n) is 13.3. The average Bonchev–Trinajstić information content (AvgIpc) is 2.95. The van der Waals surface area contributed by atoms with E-state index in [0.717, 1.165) is 0 Å². The number of likely N-dealkylation sites (N-methyl/N-ethyl adjacent to an activating group) is 2. The number of carboxylic acids is 2. The molecule has 16 heteroatoms. The van der Waals surface area contributed by atoms with Gasteiger partial charge in [-0.05, 0) is 44.8 Å². The van der Waals surface area contributed by atoms with Gasteiger partial charge >= 0.3 is 11.9 Å². The van der Waals surface area contributed by atoms with Gasteiger partial charge in [-0.1, -0.05) is 0 Å². The number of benzene rings is 1. The Hall–Kier alpha value is -4.70. The van der Waals surface area contributed by atoms with Crippen LogP contribution in [0, 0.1) is 0 Å². The van der Waals surface area contributed by atoms with Gasteiger partial charge in [0.25, 0.3) is 11.5 Å². The lowest BCUT2D eigenvalue weighted by Gasteiger charge is -2.47. The number of carbonyl (C=O) groups is 4. The summed E-state index contributed by atoms with van der Waals surface area (Å²) in [7, 11) is 3.61. The Balaban J connectivity index is 1.48. The second-order valence-corrected chi connectivity index (χ2v) is 10.5. The number of nitrogens with one attached hydrogen (secondary N) is 4. The Morgan fingerprint density at radius 2 is 1.90 bits per heavy atom. The van der Waals surface area contributed by atoms with Gasteiger partial charge in [-0.15, -0.1) is 0 Å². The fourth-order valence-corrected chi connectivity index (χ4v) is 5.36. The number of hydrogen-bond acceptors (Lipinski definition) is 11. The van der Waals surface area contributed by atoms with E-state index in [1.807, 2.05) is 16.8 Å². The number of carbonyl (C=O) groups excluding carboxylic acids is 2. The van der Waals surface area contributed by atoms with Gasteiger partial charge in [-0.2, -0.15) is 4.98 Å². The fraction of sp³-hybridized carbons (Fsp3) is 0.462. The van der Waals surface area contributed by atoms with Crippen molar-refractivity contribution in [2.45, 2.75) is 30.5 Å². The van der Waals surface area contributed by atoms with E-state index in [0.29, 0.717) is 38.3 Å². The molecule has 0 bridgehead atoms. The van der Waals surface area contributed by atoms with Gasteiger partial charge < -0.3 is 41.7 Å². The summed E-state index contributed by atoms with van der Waals surface area (Å²) in [5.74, 6) is -2.98. The molecule has 0 aliphatic carbocycles. The van der Waals surface area contributed by atoms with Gasteiger partial charge in [0.2, 0.25) is 12.4 Å². The molecule has 42 heavy (non-hydrogen) atoms. The summed E-state index contributed by atoms with van der Waals surface area (Å²) in [4.78, 5) is 73.1. The highest BCUT2D eigenvalue weighted by molar-refractivity contribution is 5.98. The maximum atomic E-state index is 13.3. The number of rotatable bonds is 11. The van der Waals surface area contributed by atoms with Crippen molar-refractivity contribution in [3.63, 3.8) is 0 Å². The molecule has 1 fully saturated rings. The normalized spacial score (nSPS) is 20.5. The van der Waals surface area contributed by atoms with Crippen molar-refractivity contribution in [1.29, 1.82) is 0 Å². The molecule has 3 unspecified atom stereocenters. The first-order valence-corrected chi connectivity index (χ1v) is 13.3. The summed E-state index contributed by atoms with van der Waals surface area (Å²) in [6.07, 6.45) is -0.174. The third-order valence-corrected chi connectivity index (χ3v) is 7.74. The number of H-pyrrole nitrogens is 1. The molecule has 2 amide bonds. The van der Waals surface area contributed by atoms with Crippen molar-refractivity contribution >= 4 is 47.4 Å². The minimum absolute atomic E-state index is 0.0592. The molecule has 2 aliphatic rings. The highest BCUT2D eigenvalue weighted by Gasteiger charge is 2.50. The first kappa shape index (κ1) is 30.3. The van der Waals surface area contributed by atoms with Gasteiger partial charge in [0, 0.05) is 50.4 Å². The van der Waals surface area contributed by atoms with Crippen molar-refractivity contribution in [2.75, 3.05) is 68.1 Å². The lowest BCUT2D eigenvalue weighted by Crippen LogP contribution is -2.70. The number of carboxylic acid groups (broad SMARTS) is 2. The van der Waals surface area contributed by atoms with E-state index < -0.39 is 47.4 Å². The molecular weight excluding hydrogens is 550 g/mol. The number of anilines is 4. The van der Waals surface area contributed by atoms with Crippen LogP contribution in [0.2, 0.25) is 0 Å². The zero-order valence-electron chi connectivity index (χ0n) is 23.3. The smallest absolute Gasteiger partial charge is 0.331 e. The third kappa shape index (κ3) is 6.28. The molecule has 4 rings (SSSR count). The van der Waals surface area contributed by atoms with E-state index in [1.54, 1.807) is 19.2 Å². The molecule has 0 spiro atoms. The third-order valence-electron chi connectivity index (χ3n) is 7.74. The molecule has 1 saturated heterocycles. The molecule has 1 aromatic heterocycles. The number of amides is 2. The first-order chi connectivity index (χ1) is 19.9. The topological polar surface area (TPSA) is 226 Å². The van der Waals surface area contributed by atoms with Crippen LogP contribution in [0.1, 0.15) is 23.2 Å². The van der Waals surface area contributed by atoms with Crippen molar-refractivity contribution in [3.8, 4) is 0 Å². The molecule has 1 aromatic carbocycles. The summed E-state index contributed by atoms with van der Waals surface area (Å²) in [5.41, 5.74) is 4.05. The predicted molar refractivity (Wildman–Crippen MR) is 154 cm³/mol. The second-order valence-electron chi connectivity index (χ2n) is 10.5. The number of nitrogens with zero attached hydrogens (tertiary/aromatic N) is 4. The standard InChI is InChI=1S/C26H35N9O7/c1-33-9-10-34(2)18(13-33)26(24(41)42,8-7-19(37)38)32-22(39)15-3-5-16(6-4-15)28-11-17-12-29-21-20(35(17)14-36)23(40)31-25(27)30-21/h3-6,14,17-18,28H,7-13H2,1-2H3,(H,32,39)(H,37,38)(H,41,42)(H4,27,29,30,31,40). The number of aliphatic carboxylic acids is 2. The summed E-state index contributed by atoms with van der Waals surface area (Å²) in [6.45, 7) is 2.15. The second kappa shape index (κ2) is 12.4. The van der Waals surface area contributed by atoms with Gasteiger partial charge in [0.1, 0.15) is 0 Å². The zero-order valence-corrected chi connectivity index (χ0v) is 23.3. The molecule has 16 nitrogen and oxygen atoms in total. The van der Waals surface area contributed by atoms with Crippen LogP contribution in [0.15, 0.2) is 29.1 Å². The molecule has 226 valence electrons. The highest BCUT2D eigenvalue weighted by Crippen LogP contribution is 2.27. The van der Waals surface area contributed by atoms with Crippen molar-refractivity contribution in [1.82, 2.24) is 25.1 Å². The summed E-state index contributed by atoms with van der Waals surface area (Å²) < 4.78 is 0. The number of fused-ring (bicyclic) bond motifs is 1. The Morgan fingerprint density at radius 3 is 2.55 bits per heavy atom. The van der Waals surface area contributed by atoms with Crippen LogP contribution in [0.4, 0.5) is 23.1 Å². The number of aromatic amines is 1. The maximum absolute atomic E-state index is 13.3. The lowest BCUT2D eigenvalue weighted by atomic mass is 9.82. The van der Waals surface area contributed by atoms with Gasteiger partial charge in [-0.25, -0.2) is 4.79 Å². The Kier molecular flexibility index (Phi) is 8.96. The Morgan fingerprint density at radius 1 is 1.19 bits per heavy atom. The molecule has 3 atom stereocenters. The highest BCUT2D eigenvalue weighted by atomic mass is 16.4. The molecule has 3 heterocycles. The molecule has 0 radical (unpaired) electrons. The monoisotopic (exact) mass is 585 g/mol. The van der Waals surface area contributed by atoms with Gasteiger partial charge in [-0.3, -0.25) is 29.1 Å². The molecule has 2 aliphatic heterocycles. The van der Waals surface area contributed by atoms with Crippen LogP contribution in [-0.2, 0) is 14.4 Å². The Bertz CT molecular complexity index is 1400. The van der Waals surface area contributed by atoms with E-state index in [1.165, 1.54) is 17.0 Å². The molecule has 0 saturated carbocycles. The minimum atomic E-state index is -1.84. The van der Waals surface area contributed by atoms with Crippen molar-refractivity contribution < 1.29 is 29.4 Å². The van der Waals surface area contributed by atoms with Crippen LogP contribution in [-0.4, -0.2) is 119 Å². The van der Waals surface area contributed by atoms with Crippen LogP contribution in [0.25, 0.3) is 0 Å². The van der Waals surface area contributed by atoms with Crippen molar-refractivity contribution in [2.24, 2.45) is 0 Å².